The van der Waals surface area contributed by atoms with Crippen molar-refractivity contribution in [3.05, 3.63) is 69.1 Å². The third-order valence-electron chi connectivity index (χ3n) is 6.79. The Hall–Kier alpha value is -2.55. The summed E-state index contributed by atoms with van der Waals surface area (Å²) < 4.78 is 1.60. The molecular weight excluding hydrogens is 444 g/mol. The standard InChI is InChI=1S/C23H25ClN6OS/c1-29-21(31)17(32-20-16(24)6-7-18(25)28-20)13-27-22(29)30-10-8-23(9-11-30)12-14-4-2-3-5-15(14)19(23)26/h2-7,13,19H,8-12,26H2,1H3,(H2,25,28)/t19-/m1/s1. The SMILES string of the molecule is Cn1c(N2CCC3(CC2)Cc2ccccc2[C@H]3N)ncc(Sc2nc(N)ccc2Cl)c1=O. The Bertz CT molecular complexity index is 1240. The zero-order chi connectivity index (χ0) is 22.5. The van der Waals surface area contributed by atoms with Crippen LogP contribution in [0.5, 0.6) is 0 Å². The number of hydrogen-bond donors (Lipinski definition) is 2. The Morgan fingerprint density at radius 1 is 1.19 bits per heavy atom. The van der Waals surface area contributed by atoms with Gasteiger partial charge < -0.3 is 16.4 Å². The quantitative estimate of drug-likeness (QED) is 0.607. The molecule has 32 heavy (non-hydrogen) atoms. The molecule has 0 radical (unpaired) electrons. The second-order valence-electron chi connectivity index (χ2n) is 8.61. The number of anilines is 2. The molecule has 1 saturated heterocycles. The van der Waals surface area contributed by atoms with Crippen molar-refractivity contribution < 1.29 is 0 Å². The Morgan fingerprint density at radius 3 is 2.69 bits per heavy atom. The van der Waals surface area contributed by atoms with Gasteiger partial charge in [-0.3, -0.25) is 9.36 Å². The van der Waals surface area contributed by atoms with E-state index in [1.807, 2.05) is 0 Å². The number of piperidine rings is 1. The summed E-state index contributed by atoms with van der Waals surface area (Å²) in [5.74, 6) is 1.03. The molecule has 1 aliphatic heterocycles. The van der Waals surface area contributed by atoms with Gasteiger partial charge in [0.05, 0.1) is 16.1 Å². The molecule has 1 fully saturated rings. The zero-order valence-corrected chi connectivity index (χ0v) is 19.4. The van der Waals surface area contributed by atoms with Crippen LogP contribution in [0.25, 0.3) is 0 Å². The minimum atomic E-state index is -0.134. The lowest BCUT2D eigenvalue weighted by Crippen LogP contribution is -2.46. The number of rotatable bonds is 3. The second kappa shape index (κ2) is 8.10. The van der Waals surface area contributed by atoms with Gasteiger partial charge >= 0.3 is 0 Å². The number of nitrogens with zero attached hydrogens (tertiary/aromatic N) is 4. The molecule has 0 unspecified atom stereocenters. The van der Waals surface area contributed by atoms with Gasteiger partial charge in [-0.15, -0.1) is 0 Å². The van der Waals surface area contributed by atoms with Gasteiger partial charge in [0.1, 0.15) is 10.8 Å². The number of aromatic nitrogens is 3. The first-order valence-corrected chi connectivity index (χ1v) is 11.8. The van der Waals surface area contributed by atoms with Gasteiger partial charge in [0.15, 0.2) is 0 Å². The van der Waals surface area contributed by atoms with E-state index in [2.05, 4.69) is 39.1 Å². The van der Waals surface area contributed by atoms with E-state index in [0.717, 1.165) is 32.4 Å². The minimum Gasteiger partial charge on any atom is -0.384 e. The van der Waals surface area contributed by atoms with Crippen LogP contribution in [0.1, 0.15) is 30.0 Å². The summed E-state index contributed by atoms with van der Waals surface area (Å²) in [4.78, 5) is 24.5. The van der Waals surface area contributed by atoms with Crippen molar-refractivity contribution in [2.45, 2.75) is 35.2 Å². The van der Waals surface area contributed by atoms with Crippen molar-refractivity contribution in [2.24, 2.45) is 18.2 Å². The lowest BCUT2D eigenvalue weighted by Gasteiger charge is -2.42. The predicted molar refractivity (Wildman–Crippen MR) is 128 cm³/mol. The van der Waals surface area contributed by atoms with Crippen LogP contribution in [-0.2, 0) is 13.5 Å². The molecule has 5 rings (SSSR count). The molecule has 0 saturated carbocycles. The van der Waals surface area contributed by atoms with Gasteiger partial charge in [-0.25, -0.2) is 9.97 Å². The average Bonchev–Trinajstić information content (AvgIpc) is 3.06. The van der Waals surface area contributed by atoms with Gasteiger partial charge in [0.2, 0.25) is 5.95 Å². The molecule has 0 amide bonds. The lowest BCUT2D eigenvalue weighted by atomic mass is 9.73. The number of nitrogen functional groups attached to an aromatic ring is 1. The highest BCUT2D eigenvalue weighted by Crippen LogP contribution is 2.50. The fraction of sp³-hybridized carbons (Fsp3) is 0.348. The van der Waals surface area contributed by atoms with Crippen molar-refractivity contribution in [3.63, 3.8) is 0 Å². The van der Waals surface area contributed by atoms with Gasteiger partial charge in [-0.1, -0.05) is 47.6 Å². The van der Waals surface area contributed by atoms with Crippen molar-refractivity contribution in [2.75, 3.05) is 23.7 Å². The molecule has 7 nitrogen and oxygen atoms in total. The number of benzene rings is 1. The van der Waals surface area contributed by atoms with Crippen LogP contribution in [0.4, 0.5) is 11.8 Å². The molecule has 9 heteroatoms. The molecule has 166 valence electrons. The van der Waals surface area contributed by atoms with E-state index in [-0.39, 0.29) is 17.0 Å². The van der Waals surface area contributed by atoms with Crippen LogP contribution < -0.4 is 21.9 Å². The smallest absolute Gasteiger partial charge is 0.268 e. The highest BCUT2D eigenvalue weighted by molar-refractivity contribution is 7.99. The van der Waals surface area contributed by atoms with Crippen molar-refractivity contribution in [3.8, 4) is 0 Å². The van der Waals surface area contributed by atoms with Gasteiger partial charge in [0.25, 0.3) is 5.56 Å². The maximum atomic E-state index is 13.0. The molecule has 1 aliphatic carbocycles. The topological polar surface area (TPSA) is 103 Å². The molecule has 2 aliphatic rings. The van der Waals surface area contributed by atoms with Crippen LogP contribution in [0, 0.1) is 5.41 Å². The number of hydrogen-bond acceptors (Lipinski definition) is 7. The fourth-order valence-electron chi connectivity index (χ4n) is 4.95. The Morgan fingerprint density at radius 2 is 1.94 bits per heavy atom. The highest BCUT2D eigenvalue weighted by Gasteiger charge is 2.46. The van der Waals surface area contributed by atoms with E-state index in [1.54, 1.807) is 29.9 Å². The number of fused-ring (bicyclic) bond motifs is 1. The Kier molecular flexibility index (Phi) is 5.39. The summed E-state index contributed by atoms with van der Waals surface area (Å²) in [7, 11) is 1.75. The van der Waals surface area contributed by atoms with Gasteiger partial charge in [-0.2, -0.15) is 0 Å². The van der Waals surface area contributed by atoms with Gasteiger partial charge in [0, 0.05) is 26.2 Å². The molecule has 0 bridgehead atoms. The van der Waals surface area contributed by atoms with E-state index in [9.17, 15) is 4.79 Å². The number of halogens is 1. The van der Waals surface area contributed by atoms with E-state index in [4.69, 9.17) is 23.1 Å². The first-order valence-electron chi connectivity index (χ1n) is 10.6. The minimum absolute atomic E-state index is 0.0620. The molecule has 1 aromatic carbocycles. The van der Waals surface area contributed by atoms with Crippen LogP contribution in [0.15, 0.2) is 57.3 Å². The van der Waals surface area contributed by atoms with Crippen LogP contribution in [0.2, 0.25) is 5.02 Å². The molecule has 4 N–H and O–H groups in total. The first kappa shape index (κ1) is 21.3. The van der Waals surface area contributed by atoms with Crippen LogP contribution in [0.3, 0.4) is 0 Å². The van der Waals surface area contributed by atoms with E-state index in [1.165, 1.54) is 22.9 Å². The average molecular weight is 469 g/mol. The maximum absolute atomic E-state index is 13.0. The van der Waals surface area contributed by atoms with Crippen molar-refractivity contribution >= 4 is 35.1 Å². The van der Waals surface area contributed by atoms with E-state index in [0.29, 0.717) is 26.7 Å². The molecule has 2 aromatic heterocycles. The third-order valence-corrected chi connectivity index (χ3v) is 8.21. The van der Waals surface area contributed by atoms with E-state index < -0.39 is 0 Å². The first-order chi connectivity index (χ1) is 15.4. The van der Waals surface area contributed by atoms with Gasteiger partial charge in [-0.05, 0) is 47.9 Å². The zero-order valence-electron chi connectivity index (χ0n) is 17.8. The maximum Gasteiger partial charge on any atom is 0.268 e. The highest BCUT2D eigenvalue weighted by atomic mass is 35.5. The molecule has 3 heterocycles. The molecular formula is C23H25ClN6OS. The summed E-state index contributed by atoms with van der Waals surface area (Å²) in [5.41, 5.74) is 15.1. The van der Waals surface area contributed by atoms with Crippen molar-refractivity contribution in [1.29, 1.82) is 0 Å². The normalized spacial score (nSPS) is 19.3. The summed E-state index contributed by atoms with van der Waals surface area (Å²) in [6, 6.07) is 11.9. The number of nitrogens with two attached hydrogens (primary N) is 2. The lowest BCUT2D eigenvalue weighted by molar-refractivity contribution is 0.186. The Labute approximate surface area is 195 Å². The molecule has 3 aromatic rings. The summed E-state index contributed by atoms with van der Waals surface area (Å²) >= 11 is 7.39. The van der Waals surface area contributed by atoms with Crippen LogP contribution >= 0.6 is 23.4 Å². The monoisotopic (exact) mass is 468 g/mol. The summed E-state index contributed by atoms with van der Waals surface area (Å²) in [6.45, 7) is 1.63. The Balaban J connectivity index is 1.34. The summed E-state index contributed by atoms with van der Waals surface area (Å²) in [5, 5.41) is 0.943. The third kappa shape index (κ3) is 3.56. The largest absolute Gasteiger partial charge is 0.384 e. The summed E-state index contributed by atoms with van der Waals surface area (Å²) in [6.07, 6.45) is 4.56. The molecule has 1 spiro atoms. The van der Waals surface area contributed by atoms with E-state index >= 15 is 0 Å². The van der Waals surface area contributed by atoms with Crippen LogP contribution in [-0.4, -0.2) is 27.6 Å². The van der Waals surface area contributed by atoms with Crippen molar-refractivity contribution in [1.82, 2.24) is 14.5 Å². The fourth-order valence-corrected chi connectivity index (χ4v) is 6.02. The molecule has 1 atom stereocenters. The second-order valence-corrected chi connectivity index (χ2v) is 10.1. The predicted octanol–water partition coefficient (Wildman–Crippen LogP) is 3.40. The number of pyridine rings is 1.